The maximum Gasteiger partial charge on any atom is 0.251 e. The lowest BCUT2D eigenvalue weighted by Crippen LogP contribution is -2.41. The molecule has 6 nitrogen and oxygen atoms in total. The van der Waals surface area contributed by atoms with Gasteiger partial charge in [-0.05, 0) is 31.0 Å². The monoisotopic (exact) mass is 340 g/mol. The normalized spacial score (nSPS) is 17.7. The Morgan fingerprint density at radius 2 is 1.87 bits per heavy atom. The van der Waals surface area contributed by atoms with E-state index in [1.54, 1.807) is 24.3 Å². The van der Waals surface area contributed by atoms with E-state index in [2.05, 4.69) is 5.32 Å². The Balaban J connectivity index is 2.00. The SMILES string of the molecule is CCC(C)NC(=O)c1ccc(CS(=O)(=O)N2CCOCC2)cc1. The second-order valence-corrected chi connectivity index (χ2v) is 7.72. The number of benzene rings is 1. The van der Waals surface area contributed by atoms with Crippen molar-refractivity contribution < 1.29 is 17.9 Å². The summed E-state index contributed by atoms with van der Waals surface area (Å²) in [6.45, 7) is 5.63. The van der Waals surface area contributed by atoms with Crippen LogP contribution in [-0.4, -0.2) is 51.0 Å². The first-order chi connectivity index (χ1) is 10.9. The standard InChI is InChI=1S/C16H24N2O4S/c1-3-13(2)17-16(19)15-6-4-14(5-7-15)12-23(20,21)18-8-10-22-11-9-18/h4-7,13H,3,8-12H2,1-2H3,(H,17,19). The van der Waals surface area contributed by atoms with Gasteiger partial charge in [0.15, 0.2) is 0 Å². The smallest absolute Gasteiger partial charge is 0.251 e. The van der Waals surface area contributed by atoms with Gasteiger partial charge in [0.05, 0.1) is 19.0 Å². The van der Waals surface area contributed by atoms with Crippen molar-refractivity contribution in [2.24, 2.45) is 0 Å². The van der Waals surface area contributed by atoms with Gasteiger partial charge in [0, 0.05) is 24.7 Å². The zero-order chi connectivity index (χ0) is 16.9. The third kappa shape index (κ3) is 5.02. The molecule has 1 saturated heterocycles. The molecule has 0 spiro atoms. The molecule has 1 aliphatic rings. The highest BCUT2D eigenvalue weighted by atomic mass is 32.2. The second kappa shape index (κ2) is 7.90. The van der Waals surface area contributed by atoms with Gasteiger partial charge in [-0.1, -0.05) is 19.1 Å². The van der Waals surface area contributed by atoms with Crippen LogP contribution in [0.1, 0.15) is 36.2 Å². The Kier molecular flexibility index (Phi) is 6.15. The molecule has 2 rings (SSSR count). The highest BCUT2D eigenvalue weighted by molar-refractivity contribution is 7.88. The minimum Gasteiger partial charge on any atom is -0.379 e. The van der Waals surface area contributed by atoms with Crippen LogP contribution in [0.4, 0.5) is 0 Å². The molecule has 1 aromatic rings. The van der Waals surface area contributed by atoms with Crippen molar-refractivity contribution in [2.75, 3.05) is 26.3 Å². The summed E-state index contributed by atoms with van der Waals surface area (Å²) in [5, 5.41) is 2.89. The Hall–Kier alpha value is -1.44. The first-order valence-corrected chi connectivity index (χ1v) is 9.48. The van der Waals surface area contributed by atoms with Gasteiger partial charge >= 0.3 is 0 Å². The van der Waals surface area contributed by atoms with Crippen molar-refractivity contribution in [3.8, 4) is 0 Å². The maximum atomic E-state index is 12.3. The fraction of sp³-hybridized carbons (Fsp3) is 0.562. The largest absolute Gasteiger partial charge is 0.379 e. The maximum absolute atomic E-state index is 12.3. The topological polar surface area (TPSA) is 75.7 Å². The lowest BCUT2D eigenvalue weighted by atomic mass is 10.1. The Bertz CT molecular complexity index is 622. The number of ether oxygens (including phenoxy) is 1. The van der Waals surface area contributed by atoms with Gasteiger partial charge in [0.2, 0.25) is 10.0 Å². The molecule has 0 aromatic heterocycles. The predicted molar refractivity (Wildman–Crippen MR) is 88.7 cm³/mol. The molecule has 1 fully saturated rings. The fourth-order valence-electron chi connectivity index (χ4n) is 2.29. The van der Waals surface area contributed by atoms with Gasteiger partial charge in [-0.2, -0.15) is 4.31 Å². The molecular weight excluding hydrogens is 316 g/mol. The number of nitrogens with zero attached hydrogens (tertiary/aromatic N) is 1. The van der Waals surface area contributed by atoms with Crippen LogP contribution in [0.3, 0.4) is 0 Å². The first kappa shape index (κ1) is 17.9. The number of hydrogen-bond donors (Lipinski definition) is 1. The molecule has 1 amide bonds. The molecule has 23 heavy (non-hydrogen) atoms. The van der Waals surface area contributed by atoms with Crippen molar-refractivity contribution in [3.63, 3.8) is 0 Å². The number of rotatable bonds is 6. The number of carbonyl (C=O) groups is 1. The van der Waals surface area contributed by atoms with Gasteiger partial charge in [-0.15, -0.1) is 0 Å². The minimum absolute atomic E-state index is 0.0553. The summed E-state index contributed by atoms with van der Waals surface area (Å²) in [6.07, 6.45) is 0.863. The quantitative estimate of drug-likeness (QED) is 0.849. The second-order valence-electron chi connectivity index (χ2n) is 5.75. The van der Waals surface area contributed by atoms with Crippen LogP contribution in [-0.2, 0) is 20.5 Å². The van der Waals surface area contributed by atoms with Crippen molar-refractivity contribution in [1.29, 1.82) is 0 Å². The van der Waals surface area contributed by atoms with E-state index >= 15 is 0 Å². The molecule has 1 aliphatic heterocycles. The van der Waals surface area contributed by atoms with Crippen LogP contribution in [0.2, 0.25) is 0 Å². The summed E-state index contributed by atoms with van der Waals surface area (Å²) < 4.78 is 31.3. The molecule has 1 aromatic carbocycles. The zero-order valence-electron chi connectivity index (χ0n) is 13.6. The average Bonchev–Trinajstić information content (AvgIpc) is 2.55. The third-order valence-electron chi connectivity index (χ3n) is 3.92. The molecule has 1 unspecified atom stereocenters. The van der Waals surface area contributed by atoms with E-state index in [-0.39, 0.29) is 17.7 Å². The van der Waals surface area contributed by atoms with Crippen LogP contribution in [0.25, 0.3) is 0 Å². The Morgan fingerprint density at radius 1 is 1.26 bits per heavy atom. The van der Waals surface area contributed by atoms with Crippen molar-refractivity contribution in [1.82, 2.24) is 9.62 Å². The van der Waals surface area contributed by atoms with E-state index in [9.17, 15) is 13.2 Å². The molecule has 1 N–H and O–H groups in total. The Morgan fingerprint density at radius 3 is 2.43 bits per heavy atom. The molecular formula is C16H24N2O4S. The van der Waals surface area contributed by atoms with Crippen LogP contribution >= 0.6 is 0 Å². The van der Waals surface area contributed by atoms with Crippen molar-refractivity contribution in [3.05, 3.63) is 35.4 Å². The summed E-state index contributed by atoms with van der Waals surface area (Å²) in [5.74, 6) is -0.192. The van der Waals surface area contributed by atoms with E-state index in [0.29, 0.717) is 37.4 Å². The van der Waals surface area contributed by atoms with E-state index in [4.69, 9.17) is 4.74 Å². The van der Waals surface area contributed by atoms with Gasteiger partial charge in [-0.25, -0.2) is 8.42 Å². The molecule has 0 bridgehead atoms. The lowest BCUT2D eigenvalue weighted by Gasteiger charge is -2.26. The first-order valence-electron chi connectivity index (χ1n) is 7.87. The number of morpholine rings is 1. The summed E-state index contributed by atoms with van der Waals surface area (Å²) in [4.78, 5) is 12.0. The number of sulfonamides is 1. The molecule has 1 heterocycles. The average molecular weight is 340 g/mol. The zero-order valence-corrected chi connectivity index (χ0v) is 14.4. The Labute approximate surface area is 137 Å². The summed E-state index contributed by atoms with van der Waals surface area (Å²) >= 11 is 0. The van der Waals surface area contributed by atoms with E-state index in [0.717, 1.165) is 6.42 Å². The molecule has 7 heteroatoms. The van der Waals surface area contributed by atoms with Crippen LogP contribution in [0, 0.1) is 0 Å². The summed E-state index contributed by atoms with van der Waals surface area (Å²) in [6, 6.07) is 6.85. The molecule has 0 aliphatic carbocycles. The number of nitrogens with one attached hydrogen (secondary N) is 1. The van der Waals surface area contributed by atoms with Gasteiger partial charge in [-0.3, -0.25) is 4.79 Å². The molecule has 1 atom stereocenters. The van der Waals surface area contributed by atoms with E-state index < -0.39 is 10.0 Å². The molecule has 0 radical (unpaired) electrons. The lowest BCUT2D eigenvalue weighted by molar-refractivity contribution is 0.0729. The van der Waals surface area contributed by atoms with E-state index in [1.807, 2.05) is 13.8 Å². The number of carbonyl (C=O) groups excluding carboxylic acids is 1. The van der Waals surface area contributed by atoms with Crippen LogP contribution in [0.15, 0.2) is 24.3 Å². The highest BCUT2D eigenvalue weighted by Gasteiger charge is 2.24. The van der Waals surface area contributed by atoms with Crippen LogP contribution in [0.5, 0.6) is 0 Å². The van der Waals surface area contributed by atoms with Gasteiger partial charge in [0.1, 0.15) is 0 Å². The molecule has 128 valence electrons. The number of amides is 1. The fourth-order valence-corrected chi connectivity index (χ4v) is 3.79. The molecule has 0 saturated carbocycles. The van der Waals surface area contributed by atoms with Crippen LogP contribution < -0.4 is 5.32 Å². The third-order valence-corrected chi connectivity index (χ3v) is 5.77. The predicted octanol–water partition coefficient (Wildman–Crippen LogP) is 1.38. The minimum atomic E-state index is -3.34. The van der Waals surface area contributed by atoms with Crippen molar-refractivity contribution >= 4 is 15.9 Å². The highest BCUT2D eigenvalue weighted by Crippen LogP contribution is 2.14. The van der Waals surface area contributed by atoms with Gasteiger partial charge in [0.25, 0.3) is 5.91 Å². The van der Waals surface area contributed by atoms with Gasteiger partial charge < -0.3 is 10.1 Å². The van der Waals surface area contributed by atoms with E-state index in [1.165, 1.54) is 4.31 Å². The summed E-state index contributed by atoms with van der Waals surface area (Å²) in [7, 11) is -3.34. The number of hydrogen-bond acceptors (Lipinski definition) is 4. The van der Waals surface area contributed by atoms with Crippen molar-refractivity contribution in [2.45, 2.75) is 32.1 Å². The summed E-state index contributed by atoms with van der Waals surface area (Å²) in [5.41, 5.74) is 1.22.